The summed E-state index contributed by atoms with van der Waals surface area (Å²) in [5.41, 5.74) is 7.38. The number of anilines is 1. The van der Waals surface area contributed by atoms with Crippen LogP contribution in [-0.2, 0) is 6.42 Å². The standard InChI is InChI=1S/C15H24FN3/c1-18-10-7-13(8-11-18)19(2)15-12(6-9-17)4-3-5-14(15)16/h3-5,13H,6-11,17H2,1-2H3. The molecule has 0 radical (unpaired) electrons. The summed E-state index contributed by atoms with van der Waals surface area (Å²) in [4.78, 5) is 4.44. The van der Waals surface area contributed by atoms with Gasteiger partial charge in [0.05, 0.1) is 5.69 Å². The van der Waals surface area contributed by atoms with Crippen molar-refractivity contribution in [3.63, 3.8) is 0 Å². The number of nitrogens with zero attached hydrogens (tertiary/aromatic N) is 2. The van der Waals surface area contributed by atoms with Gasteiger partial charge in [-0.2, -0.15) is 0 Å². The van der Waals surface area contributed by atoms with Crippen LogP contribution in [0.5, 0.6) is 0 Å². The zero-order chi connectivity index (χ0) is 13.8. The van der Waals surface area contributed by atoms with Gasteiger partial charge in [0.15, 0.2) is 0 Å². The maximum absolute atomic E-state index is 14.2. The lowest BCUT2D eigenvalue weighted by Crippen LogP contribution is -2.42. The van der Waals surface area contributed by atoms with Crippen molar-refractivity contribution in [3.8, 4) is 0 Å². The summed E-state index contributed by atoms with van der Waals surface area (Å²) in [5.74, 6) is -0.132. The van der Waals surface area contributed by atoms with Crippen LogP contribution in [0, 0.1) is 5.82 Å². The Morgan fingerprint density at radius 1 is 1.37 bits per heavy atom. The summed E-state index contributed by atoms with van der Waals surface area (Å²) in [6.45, 7) is 2.71. The predicted octanol–water partition coefficient (Wildman–Crippen LogP) is 1.86. The largest absolute Gasteiger partial charge is 0.369 e. The van der Waals surface area contributed by atoms with Crippen molar-refractivity contribution >= 4 is 5.69 Å². The summed E-state index contributed by atoms with van der Waals surface area (Å²) >= 11 is 0. The quantitative estimate of drug-likeness (QED) is 0.902. The van der Waals surface area contributed by atoms with Crippen LogP contribution >= 0.6 is 0 Å². The number of halogens is 1. The van der Waals surface area contributed by atoms with Crippen molar-refractivity contribution in [2.45, 2.75) is 25.3 Å². The van der Waals surface area contributed by atoms with Crippen LogP contribution in [-0.4, -0.2) is 44.7 Å². The van der Waals surface area contributed by atoms with Gasteiger partial charge in [-0.1, -0.05) is 12.1 Å². The number of rotatable bonds is 4. The SMILES string of the molecule is CN1CCC(N(C)c2c(F)cccc2CCN)CC1. The molecule has 0 bridgehead atoms. The molecule has 1 fully saturated rings. The summed E-state index contributed by atoms with van der Waals surface area (Å²) in [5, 5.41) is 0. The Morgan fingerprint density at radius 3 is 2.68 bits per heavy atom. The van der Waals surface area contributed by atoms with Crippen LogP contribution in [0.4, 0.5) is 10.1 Å². The molecule has 0 spiro atoms. The molecule has 2 rings (SSSR count). The fraction of sp³-hybridized carbons (Fsp3) is 0.600. The van der Waals surface area contributed by atoms with Gasteiger partial charge in [-0.3, -0.25) is 0 Å². The first-order valence-corrected chi connectivity index (χ1v) is 7.02. The molecule has 1 aliphatic heterocycles. The second kappa shape index (κ2) is 6.35. The molecule has 0 atom stereocenters. The molecule has 2 N–H and O–H groups in total. The second-order valence-corrected chi connectivity index (χ2v) is 5.43. The Balaban J connectivity index is 2.20. The van der Waals surface area contributed by atoms with E-state index in [4.69, 9.17) is 5.73 Å². The third kappa shape index (κ3) is 3.25. The van der Waals surface area contributed by atoms with Gasteiger partial charge >= 0.3 is 0 Å². The molecule has 1 aromatic rings. The van der Waals surface area contributed by atoms with E-state index in [1.807, 2.05) is 13.1 Å². The van der Waals surface area contributed by atoms with Crippen molar-refractivity contribution in [3.05, 3.63) is 29.6 Å². The number of piperidine rings is 1. The summed E-state index contributed by atoms with van der Waals surface area (Å²) in [6, 6.07) is 5.72. The van der Waals surface area contributed by atoms with Crippen molar-refractivity contribution in [2.24, 2.45) is 5.73 Å². The van der Waals surface area contributed by atoms with E-state index in [9.17, 15) is 4.39 Å². The Labute approximate surface area is 115 Å². The molecule has 0 unspecified atom stereocenters. The summed E-state index contributed by atoms with van der Waals surface area (Å²) in [6.07, 6.45) is 2.90. The molecule has 1 aliphatic rings. The number of nitrogens with two attached hydrogens (primary N) is 1. The molecule has 0 saturated carbocycles. The van der Waals surface area contributed by atoms with Gasteiger partial charge in [0.25, 0.3) is 0 Å². The van der Waals surface area contributed by atoms with Crippen LogP contribution in [0.2, 0.25) is 0 Å². The van der Waals surface area contributed by atoms with Crippen LogP contribution in [0.25, 0.3) is 0 Å². The molecule has 0 aliphatic carbocycles. The first-order valence-electron chi connectivity index (χ1n) is 7.02. The van der Waals surface area contributed by atoms with Gasteiger partial charge < -0.3 is 15.5 Å². The number of benzene rings is 1. The smallest absolute Gasteiger partial charge is 0.146 e. The first kappa shape index (κ1) is 14.3. The molecule has 1 aromatic carbocycles. The Morgan fingerprint density at radius 2 is 2.05 bits per heavy atom. The highest BCUT2D eigenvalue weighted by Gasteiger charge is 2.23. The zero-order valence-electron chi connectivity index (χ0n) is 11.9. The highest BCUT2D eigenvalue weighted by Crippen LogP contribution is 2.28. The van der Waals surface area contributed by atoms with Crippen molar-refractivity contribution in [1.29, 1.82) is 0 Å². The molecule has 1 saturated heterocycles. The highest BCUT2D eigenvalue weighted by atomic mass is 19.1. The summed E-state index contributed by atoms with van der Waals surface area (Å²) in [7, 11) is 4.15. The maximum Gasteiger partial charge on any atom is 0.146 e. The van der Waals surface area contributed by atoms with Crippen LogP contribution in [0.15, 0.2) is 18.2 Å². The van der Waals surface area contributed by atoms with E-state index in [-0.39, 0.29) is 5.82 Å². The van der Waals surface area contributed by atoms with E-state index >= 15 is 0 Å². The Bertz CT molecular complexity index is 414. The molecule has 4 heteroatoms. The van der Waals surface area contributed by atoms with Gasteiger partial charge in [0.2, 0.25) is 0 Å². The second-order valence-electron chi connectivity index (χ2n) is 5.43. The number of hydrogen-bond donors (Lipinski definition) is 1. The lowest BCUT2D eigenvalue weighted by molar-refractivity contribution is 0.252. The minimum Gasteiger partial charge on any atom is -0.369 e. The fourth-order valence-corrected chi connectivity index (χ4v) is 2.88. The van der Waals surface area contributed by atoms with Crippen molar-refractivity contribution in [2.75, 3.05) is 38.6 Å². The first-order chi connectivity index (χ1) is 9.13. The normalized spacial score (nSPS) is 17.7. The van der Waals surface area contributed by atoms with Gasteiger partial charge in [0, 0.05) is 13.1 Å². The monoisotopic (exact) mass is 265 g/mol. The van der Waals surface area contributed by atoms with Gasteiger partial charge in [-0.15, -0.1) is 0 Å². The number of hydrogen-bond acceptors (Lipinski definition) is 3. The molecule has 3 nitrogen and oxygen atoms in total. The molecular weight excluding hydrogens is 241 g/mol. The van der Waals surface area contributed by atoms with Crippen molar-refractivity contribution < 1.29 is 4.39 Å². The van der Waals surface area contributed by atoms with E-state index in [0.717, 1.165) is 43.6 Å². The minimum absolute atomic E-state index is 0.132. The van der Waals surface area contributed by atoms with E-state index in [1.54, 1.807) is 12.1 Å². The van der Waals surface area contributed by atoms with Gasteiger partial charge in [-0.25, -0.2) is 4.39 Å². The zero-order valence-corrected chi connectivity index (χ0v) is 11.9. The molecule has 106 valence electrons. The molecule has 1 heterocycles. The molecule has 19 heavy (non-hydrogen) atoms. The summed E-state index contributed by atoms with van der Waals surface area (Å²) < 4.78 is 14.2. The topological polar surface area (TPSA) is 32.5 Å². The predicted molar refractivity (Wildman–Crippen MR) is 78.1 cm³/mol. The highest BCUT2D eigenvalue weighted by molar-refractivity contribution is 5.55. The van der Waals surface area contributed by atoms with Crippen LogP contribution in [0.1, 0.15) is 18.4 Å². The minimum atomic E-state index is -0.132. The average molecular weight is 265 g/mol. The van der Waals surface area contributed by atoms with E-state index in [2.05, 4.69) is 16.8 Å². The van der Waals surface area contributed by atoms with Crippen LogP contribution < -0.4 is 10.6 Å². The fourth-order valence-electron chi connectivity index (χ4n) is 2.88. The van der Waals surface area contributed by atoms with Crippen molar-refractivity contribution in [1.82, 2.24) is 4.90 Å². The third-order valence-electron chi connectivity index (χ3n) is 4.07. The lowest BCUT2D eigenvalue weighted by atomic mass is 10.0. The van der Waals surface area contributed by atoms with Crippen LogP contribution in [0.3, 0.4) is 0 Å². The lowest BCUT2D eigenvalue weighted by Gasteiger charge is -2.37. The molecular formula is C15H24FN3. The van der Waals surface area contributed by atoms with E-state index in [0.29, 0.717) is 12.6 Å². The van der Waals surface area contributed by atoms with Gasteiger partial charge in [-0.05, 0) is 57.6 Å². The molecule has 0 amide bonds. The van der Waals surface area contributed by atoms with E-state index < -0.39 is 0 Å². The Kier molecular flexibility index (Phi) is 4.77. The molecule has 0 aromatic heterocycles. The van der Waals surface area contributed by atoms with Gasteiger partial charge in [0.1, 0.15) is 5.82 Å². The number of para-hydroxylation sites is 1. The number of likely N-dealkylation sites (tertiary alicyclic amines) is 1. The third-order valence-corrected chi connectivity index (χ3v) is 4.07. The maximum atomic E-state index is 14.2. The average Bonchev–Trinajstić information content (AvgIpc) is 2.39. The van der Waals surface area contributed by atoms with E-state index in [1.165, 1.54) is 0 Å². The Hall–Kier alpha value is -1.13.